The topological polar surface area (TPSA) is 115 Å². The smallest absolute Gasteiger partial charge is 0.341 e. The van der Waals surface area contributed by atoms with Crippen molar-refractivity contribution in [3.05, 3.63) is 74.6 Å². The monoisotopic (exact) mass is 583 g/mol. The van der Waals surface area contributed by atoms with Gasteiger partial charge in [-0.2, -0.15) is 5.10 Å². The van der Waals surface area contributed by atoms with E-state index in [0.717, 1.165) is 41.7 Å². The Hall–Kier alpha value is -3.89. The van der Waals surface area contributed by atoms with Crippen LogP contribution in [0, 0.1) is 0 Å². The van der Waals surface area contributed by atoms with Crippen LogP contribution >= 0.6 is 22.9 Å². The minimum absolute atomic E-state index is 0.213. The molecule has 0 unspecified atom stereocenters. The fourth-order valence-electron chi connectivity index (χ4n) is 4.27. The van der Waals surface area contributed by atoms with E-state index in [1.165, 1.54) is 18.4 Å². The Kier molecular flexibility index (Phi) is 9.79. The summed E-state index contributed by atoms with van der Waals surface area (Å²) in [5.74, 6) is -1.41. The molecule has 3 aromatic rings. The number of ether oxygens (including phenoxy) is 3. The van der Waals surface area contributed by atoms with E-state index in [4.69, 9.17) is 25.8 Å². The van der Waals surface area contributed by atoms with Crippen molar-refractivity contribution >= 4 is 51.4 Å². The van der Waals surface area contributed by atoms with E-state index in [-0.39, 0.29) is 13.2 Å². The number of nitrogens with zero attached hydrogens (tertiary/aromatic N) is 1. The highest BCUT2D eigenvalue weighted by atomic mass is 35.5. The van der Waals surface area contributed by atoms with Gasteiger partial charge in [0.1, 0.15) is 11.6 Å². The van der Waals surface area contributed by atoms with Gasteiger partial charge in [0.15, 0.2) is 11.5 Å². The Bertz CT molecular complexity index is 1450. The van der Waals surface area contributed by atoms with Crippen LogP contribution < -0.4 is 20.2 Å². The fraction of sp³-hybridized carbons (Fsp3) is 0.310. The number of methoxy groups -OCH3 is 1. The first-order chi connectivity index (χ1) is 19.3. The molecule has 40 heavy (non-hydrogen) atoms. The van der Waals surface area contributed by atoms with Gasteiger partial charge in [0.05, 0.1) is 25.0 Å². The number of thiophene rings is 1. The Morgan fingerprint density at radius 1 is 1.05 bits per heavy atom. The number of fused-ring (bicyclic) bond motifs is 1. The van der Waals surface area contributed by atoms with Crippen molar-refractivity contribution in [1.82, 2.24) is 5.43 Å². The molecule has 0 saturated heterocycles. The van der Waals surface area contributed by atoms with Gasteiger partial charge in [0, 0.05) is 21.0 Å². The lowest BCUT2D eigenvalue weighted by Crippen LogP contribution is -2.33. The number of carbonyl (C=O) groups excluding carboxylic acids is 3. The second kappa shape index (κ2) is 13.5. The molecule has 11 heteroatoms. The molecule has 0 fully saturated rings. The first-order valence-corrected chi connectivity index (χ1v) is 14.0. The van der Waals surface area contributed by atoms with E-state index in [1.807, 2.05) is 18.2 Å². The van der Waals surface area contributed by atoms with Crippen molar-refractivity contribution in [3.63, 3.8) is 0 Å². The number of hydrogen-bond acceptors (Lipinski definition) is 8. The third kappa shape index (κ3) is 6.81. The zero-order chi connectivity index (χ0) is 28.6. The van der Waals surface area contributed by atoms with Gasteiger partial charge in [-0.05, 0) is 69.4 Å². The van der Waals surface area contributed by atoms with Gasteiger partial charge in [-0.15, -0.1) is 11.3 Å². The molecular weight excluding hydrogens is 554 g/mol. The molecule has 210 valence electrons. The maximum absolute atomic E-state index is 12.7. The number of nitrogens with one attached hydrogen (secondary N) is 2. The lowest BCUT2D eigenvalue weighted by atomic mass is 9.95. The number of carbonyl (C=O) groups is 3. The Balaban J connectivity index is 1.42. The summed E-state index contributed by atoms with van der Waals surface area (Å²) in [6, 6.07) is 12.6. The van der Waals surface area contributed by atoms with Crippen molar-refractivity contribution in [1.29, 1.82) is 0 Å². The average molecular weight is 584 g/mol. The molecule has 1 heterocycles. The molecule has 0 radical (unpaired) electrons. The quantitative estimate of drug-likeness (QED) is 0.148. The lowest BCUT2D eigenvalue weighted by molar-refractivity contribution is -0.136. The van der Waals surface area contributed by atoms with Gasteiger partial charge in [-0.1, -0.05) is 29.8 Å². The second-order valence-electron chi connectivity index (χ2n) is 8.97. The average Bonchev–Trinajstić information content (AvgIpc) is 3.33. The predicted molar refractivity (Wildman–Crippen MR) is 155 cm³/mol. The van der Waals surface area contributed by atoms with Crippen LogP contribution in [0.2, 0.25) is 5.02 Å². The standard InChI is InChI=1S/C29H30ClN3O6S/c1-4-38-29(36)25-20-10-6-8-12-24(20)40-28(25)31-26(34)27(35)33-32-17(2)18-13-14-22(23(15-18)37-3)39-16-19-9-5-7-11-21(19)30/h5,7,9,11,13-15H,4,6,8,10,12,16H2,1-3H3,(H,31,34)(H,33,35)/b32-17+. The molecule has 2 aromatic carbocycles. The van der Waals surface area contributed by atoms with Gasteiger partial charge in [0.25, 0.3) is 0 Å². The van der Waals surface area contributed by atoms with E-state index in [1.54, 1.807) is 38.1 Å². The second-order valence-corrected chi connectivity index (χ2v) is 10.5. The molecule has 0 spiro atoms. The predicted octanol–water partition coefficient (Wildman–Crippen LogP) is 5.52. The SMILES string of the molecule is CCOC(=O)c1c(NC(=O)C(=O)N/N=C(\C)c2ccc(OCc3ccccc3Cl)c(OC)c2)sc2c1CCCC2. The van der Waals surface area contributed by atoms with Gasteiger partial charge < -0.3 is 19.5 Å². The summed E-state index contributed by atoms with van der Waals surface area (Å²) < 4.78 is 16.6. The third-order valence-electron chi connectivity index (χ3n) is 6.33. The fourth-order valence-corrected chi connectivity index (χ4v) is 5.73. The maximum atomic E-state index is 12.7. The Morgan fingerprint density at radius 2 is 1.82 bits per heavy atom. The maximum Gasteiger partial charge on any atom is 0.341 e. The molecule has 4 rings (SSSR count). The molecule has 2 N–H and O–H groups in total. The minimum Gasteiger partial charge on any atom is -0.493 e. The molecular formula is C29H30ClN3O6S. The van der Waals surface area contributed by atoms with Crippen LogP contribution in [0.4, 0.5) is 5.00 Å². The number of esters is 1. The number of amides is 2. The molecule has 9 nitrogen and oxygen atoms in total. The van der Waals surface area contributed by atoms with Crippen LogP contribution in [-0.4, -0.2) is 37.2 Å². The number of aryl methyl sites for hydroxylation is 1. The van der Waals surface area contributed by atoms with E-state index in [2.05, 4.69) is 15.8 Å². The van der Waals surface area contributed by atoms with E-state index in [0.29, 0.717) is 38.4 Å². The van der Waals surface area contributed by atoms with Crippen LogP contribution in [-0.2, 0) is 33.8 Å². The molecule has 0 saturated carbocycles. The summed E-state index contributed by atoms with van der Waals surface area (Å²) in [7, 11) is 1.52. The van der Waals surface area contributed by atoms with Crippen LogP contribution in [0.3, 0.4) is 0 Å². The Morgan fingerprint density at radius 3 is 2.58 bits per heavy atom. The summed E-state index contributed by atoms with van der Waals surface area (Å²) in [6.07, 6.45) is 3.53. The molecule has 0 aliphatic heterocycles. The molecule has 0 bridgehead atoms. The number of hydrazone groups is 1. The highest BCUT2D eigenvalue weighted by Gasteiger charge is 2.28. The zero-order valence-corrected chi connectivity index (χ0v) is 24.0. The van der Waals surface area contributed by atoms with E-state index >= 15 is 0 Å². The van der Waals surface area contributed by atoms with Crippen LogP contribution in [0.15, 0.2) is 47.6 Å². The third-order valence-corrected chi connectivity index (χ3v) is 7.91. The first-order valence-electron chi connectivity index (χ1n) is 12.8. The first kappa shape index (κ1) is 29.1. The van der Waals surface area contributed by atoms with Crippen LogP contribution in [0.5, 0.6) is 11.5 Å². The van der Waals surface area contributed by atoms with Gasteiger partial charge in [-0.3, -0.25) is 9.59 Å². The largest absolute Gasteiger partial charge is 0.493 e. The molecule has 2 amide bonds. The molecule has 1 aromatic heterocycles. The zero-order valence-electron chi connectivity index (χ0n) is 22.5. The minimum atomic E-state index is -0.966. The Labute approximate surface area is 241 Å². The van der Waals surface area contributed by atoms with Crippen LogP contribution in [0.25, 0.3) is 0 Å². The molecule has 1 aliphatic carbocycles. The van der Waals surface area contributed by atoms with Crippen LogP contribution in [0.1, 0.15) is 58.6 Å². The van der Waals surface area contributed by atoms with Crippen molar-refractivity contribution in [2.75, 3.05) is 19.0 Å². The normalized spacial score (nSPS) is 12.8. The lowest BCUT2D eigenvalue weighted by Gasteiger charge is -2.13. The summed E-state index contributed by atoms with van der Waals surface area (Å²) in [5.41, 5.74) is 5.45. The summed E-state index contributed by atoms with van der Waals surface area (Å²) in [4.78, 5) is 38.9. The van der Waals surface area contributed by atoms with E-state index in [9.17, 15) is 14.4 Å². The highest BCUT2D eigenvalue weighted by molar-refractivity contribution is 7.17. The summed E-state index contributed by atoms with van der Waals surface area (Å²) in [6.45, 7) is 3.88. The highest BCUT2D eigenvalue weighted by Crippen LogP contribution is 2.38. The van der Waals surface area contributed by atoms with Crippen molar-refractivity contribution in [3.8, 4) is 11.5 Å². The summed E-state index contributed by atoms with van der Waals surface area (Å²) in [5, 5.41) is 7.58. The summed E-state index contributed by atoms with van der Waals surface area (Å²) >= 11 is 7.52. The van der Waals surface area contributed by atoms with Gasteiger partial charge >= 0.3 is 17.8 Å². The van der Waals surface area contributed by atoms with E-state index < -0.39 is 17.8 Å². The molecule has 1 aliphatic rings. The number of benzene rings is 2. The number of halogens is 1. The number of rotatable bonds is 9. The number of anilines is 1. The van der Waals surface area contributed by atoms with Crippen molar-refractivity contribution in [2.24, 2.45) is 5.10 Å². The van der Waals surface area contributed by atoms with Gasteiger partial charge in [-0.25, -0.2) is 10.2 Å². The van der Waals surface area contributed by atoms with Crippen molar-refractivity contribution in [2.45, 2.75) is 46.1 Å². The number of hydrogen-bond donors (Lipinski definition) is 2. The molecule has 0 atom stereocenters. The van der Waals surface area contributed by atoms with Gasteiger partial charge in [0.2, 0.25) is 0 Å². The van der Waals surface area contributed by atoms with Crippen molar-refractivity contribution < 1.29 is 28.6 Å².